The Morgan fingerprint density at radius 3 is 2.38 bits per heavy atom. The highest BCUT2D eigenvalue weighted by molar-refractivity contribution is 5.86. The molecule has 0 bridgehead atoms. The molecule has 2 N–H and O–H groups in total. The second kappa shape index (κ2) is 6.31. The van der Waals surface area contributed by atoms with E-state index in [1.807, 2.05) is 12.1 Å². The Morgan fingerprint density at radius 1 is 1.00 bits per heavy atom. The first-order chi connectivity index (χ1) is 12.1. The number of aromatic nitrogens is 1. The van der Waals surface area contributed by atoms with Crippen LogP contribution in [0.5, 0.6) is 0 Å². The van der Waals surface area contributed by atoms with Gasteiger partial charge in [-0.25, -0.2) is 0 Å². The zero-order chi connectivity index (χ0) is 19.1. The van der Waals surface area contributed by atoms with Gasteiger partial charge in [-0.1, -0.05) is 45.0 Å². The molecule has 0 aliphatic heterocycles. The number of carbonyl (C=O) groups is 1. The van der Waals surface area contributed by atoms with Crippen LogP contribution in [0.4, 0.5) is 0 Å². The minimum Gasteiger partial charge on any atom is -0.481 e. The Kier molecular flexibility index (Phi) is 4.43. The molecule has 0 aliphatic carbocycles. The normalized spacial score (nSPS) is 12.5. The third-order valence-electron chi connectivity index (χ3n) is 4.95. The van der Waals surface area contributed by atoms with Crippen molar-refractivity contribution in [1.29, 1.82) is 0 Å². The Morgan fingerprint density at radius 2 is 1.73 bits per heavy atom. The number of carboxylic acids is 1. The summed E-state index contributed by atoms with van der Waals surface area (Å²) in [5.41, 5.74) is 5.00. The molecular formula is C23H27NO2. The molecule has 136 valence electrons. The molecule has 0 aliphatic rings. The van der Waals surface area contributed by atoms with Crippen molar-refractivity contribution < 1.29 is 9.90 Å². The molecule has 0 unspecified atom stereocenters. The van der Waals surface area contributed by atoms with Gasteiger partial charge in [-0.05, 0) is 66.6 Å². The first kappa shape index (κ1) is 18.2. The van der Waals surface area contributed by atoms with Gasteiger partial charge in [-0.15, -0.1) is 0 Å². The Balaban J connectivity index is 1.97. The van der Waals surface area contributed by atoms with Crippen LogP contribution in [0.2, 0.25) is 0 Å². The number of fused-ring (bicyclic) bond motifs is 1. The fraction of sp³-hybridized carbons (Fsp3) is 0.348. The highest BCUT2D eigenvalue weighted by Crippen LogP contribution is 2.30. The molecule has 1 aromatic heterocycles. The van der Waals surface area contributed by atoms with Crippen LogP contribution in [0.25, 0.3) is 22.2 Å². The zero-order valence-electron chi connectivity index (χ0n) is 16.2. The second-order valence-corrected chi connectivity index (χ2v) is 8.80. The summed E-state index contributed by atoms with van der Waals surface area (Å²) in [5, 5.41) is 10.5. The van der Waals surface area contributed by atoms with Crippen LogP contribution in [0.1, 0.15) is 45.7 Å². The molecule has 0 fully saturated rings. The lowest BCUT2D eigenvalue weighted by molar-refractivity contribution is -0.146. The van der Waals surface area contributed by atoms with Gasteiger partial charge in [0.2, 0.25) is 0 Å². The van der Waals surface area contributed by atoms with Gasteiger partial charge < -0.3 is 10.1 Å². The number of aliphatic carboxylic acids is 1. The van der Waals surface area contributed by atoms with Crippen LogP contribution in [-0.2, 0) is 16.6 Å². The maximum Gasteiger partial charge on any atom is 0.309 e. The lowest BCUT2D eigenvalue weighted by atomic mass is 9.85. The van der Waals surface area contributed by atoms with E-state index < -0.39 is 11.4 Å². The third kappa shape index (κ3) is 3.67. The Bertz CT molecular complexity index is 958. The number of nitrogens with one attached hydrogen (secondary N) is 1. The van der Waals surface area contributed by atoms with Crippen molar-refractivity contribution in [2.45, 2.75) is 46.5 Å². The van der Waals surface area contributed by atoms with Gasteiger partial charge in [0.15, 0.2) is 0 Å². The predicted octanol–water partition coefficient (Wildman–Crippen LogP) is 5.79. The maximum atomic E-state index is 11.4. The molecule has 0 spiro atoms. The van der Waals surface area contributed by atoms with Crippen LogP contribution in [-0.4, -0.2) is 16.1 Å². The molecule has 3 rings (SSSR count). The van der Waals surface area contributed by atoms with Crippen LogP contribution in [0.15, 0.2) is 48.5 Å². The van der Waals surface area contributed by atoms with Crippen molar-refractivity contribution >= 4 is 16.9 Å². The summed E-state index contributed by atoms with van der Waals surface area (Å²) in [6.07, 6.45) is 0.512. The number of carboxylic acid groups (broad SMARTS) is 1. The summed E-state index contributed by atoms with van der Waals surface area (Å²) >= 11 is 0. The number of benzene rings is 2. The van der Waals surface area contributed by atoms with Crippen LogP contribution in [0.3, 0.4) is 0 Å². The van der Waals surface area contributed by atoms with Crippen LogP contribution < -0.4 is 0 Å². The fourth-order valence-corrected chi connectivity index (χ4v) is 3.19. The lowest BCUT2D eigenvalue weighted by Crippen LogP contribution is -2.26. The zero-order valence-corrected chi connectivity index (χ0v) is 16.2. The molecule has 0 saturated heterocycles. The van der Waals surface area contributed by atoms with E-state index in [-0.39, 0.29) is 5.41 Å². The van der Waals surface area contributed by atoms with Crippen molar-refractivity contribution in [3.05, 3.63) is 59.7 Å². The number of rotatable bonds is 4. The largest absolute Gasteiger partial charge is 0.481 e. The van der Waals surface area contributed by atoms with Gasteiger partial charge in [0.05, 0.1) is 5.41 Å². The molecule has 2 aromatic carbocycles. The molecular weight excluding hydrogens is 322 g/mol. The third-order valence-corrected chi connectivity index (χ3v) is 4.95. The van der Waals surface area contributed by atoms with Gasteiger partial charge in [-0.2, -0.15) is 0 Å². The quantitative estimate of drug-likeness (QED) is 0.627. The van der Waals surface area contributed by atoms with E-state index in [2.05, 4.69) is 62.2 Å². The monoisotopic (exact) mass is 349 g/mol. The van der Waals surface area contributed by atoms with Gasteiger partial charge in [0.1, 0.15) is 0 Å². The van der Waals surface area contributed by atoms with E-state index in [1.54, 1.807) is 13.8 Å². The molecule has 1 heterocycles. The summed E-state index contributed by atoms with van der Waals surface area (Å²) in [7, 11) is 0. The number of hydrogen-bond donors (Lipinski definition) is 2. The van der Waals surface area contributed by atoms with Crippen LogP contribution >= 0.6 is 0 Å². The molecule has 3 heteroatoms. The summed E-state index contributed by atoms with van der Waals surface area (Å²) in [6.45, 7) is 10.2. The SMILES string of the molecule is CC(C)(Cc1ccc2[nH]c(-c3cccc(C(C)(C)C)c3)cc2c1)C(=O)O. The van der Waals surface area contributed by atoms with Crippen LogP contribution in [0, 0.1) is 5.41 Å². The van der Waals surface area contributed by atoms with Gasteiger partial charge >= 0.3 is 5.97 Å². The first-order valence-corrected chi connectivity index (χ1v) is 9.02. The van der Waals surface area contributed by atoms with Gasteiger partial charge in [-0.3, -0.25) is 4.79 Å². The fourth-order valence-electron chi connectivity index (χ4n) is 3.19. The molecule has 0 saturated carbocycles. The molecule has 0 amide bonds. The van der Waals surface area contributed by atoms with Crippen molar-refractivity contribution in [2.24, 2.45) is 5.41 Å². The van der Waals surface area contributed by atoms with Crippen molar-refractivity contribution in [2.75, 3.05) is 0 Å². The topological polar surface area (TPSA) is 53.1 Å². The van der Waals surface area contributed by atoms with Gasteiger partial charge in [0, 0.05) is 16.6 Å². The molecule has 3 aromatic rings. The average molecular weight is 349 g/mol. The maximum absolute atomic E-state index is 11.4. The summed E-state index contributed by atoms with van der Waals surface area (Å²) in [4.78, 5) is 14.9. The molecule has 0 atom stereocenters. The Labute approximate surface area is 155 Å². The molecule has 3 nitrogen and oxygen atoms in total. The second-order valence-electron chi connectivity index (χ2n) is 8.80. The summed E-state index contributed by atoms with van der Waals surface area (Å²) < 4.78 is 0. The van der Waals surface area contributed by atoms with E-state index in [0.29, 0.717) is 6.42 Å². The minimum atomic E-state index is -0.772. The highest BCUT2D eigenvalue weighted by atomic mass is 16.4. The van der Waals surface area contributed by atoms with Crippen molar-refractivity contribution in [3.63, 3.8) is 0 Å². The molecule has 0 radical (unpaired) electrons. The number of hydrogen-bond acceptors (Lipinski definition) is 1. The lowest BCUT2D eigenvalue weighted by Gasteiger charge is -2.19. The molecule has 26 heavy (non-hydrogen) atoms. The number of aromatic amines is 1. The Hall–Kier alpha value is -2.55. The standard InChI is InChI=1S/C23H27NO2/c1-22(2,3)18-8-6-7-16(12-18)20-13-17-11-15(9-10-19(17)24-20)14-23(4,5)21(25)26/h6-13,24H,14H2,1-5H3,(H,25,26). The predicted molar refractivity (Wildman–Crippen MR) is 108 cm³/mol. The van der Waals surface area contributed by atoms with E-state index >= 15 is 0 Å². The van der Waals surface area contributed by atoms with E-state index in [0.717, 1.165) is 22.2 Å². The minimum absolute atomic E-state index is 0.109. The van der Waals surface area contributed by atoms with E-state index in [9.17, 15) is 9.90 Å². The average Bonchev–Trinajstić information content (AvgIpc) is 2.97. The van der Waals surface area contributed by atoms with E-state index in [1.165, 1.54) is 11.1 Å². The van der Waals surface area contributed by atoms with Crippen molar-refractivity contribution in [1.82, 2.24) is 4.98 Å². The summed E-state index contributed by atoms with van der Waals surface area (Å²) in [5.74, 6) is -0.772. The smallest absolute Gasteiger partial charge is 0.309 e. The first-order valence-electron chi connectivity index (χ1n) is 9.02. The number of H-pyrrole nitrogens is 1. The highest BCUT2D eigenvalue weighted by Gasteiger charge is 2.27. The van der Waals surface area contributed by atoms with E-state index in [4.69, 9.17) is 0 Å². The summed E-state index contributed by atoms with van der Waals surface area (Å²) in [6, 6.07) is 16.9. The van der Waals surface area contributed by atoms with Crippen molar-refractivity contribution in [3.8, 4) is 11.3 Å². The van der Waals surface area contributed by atoms with Gasteiger partial charge in [0.25, 0.3) is 0 Å².